The number of benzene rings is 3. The second-order valence-corrected chi connectivity index (χ2v) is 9.37. The van der Waals surface area contributed by atoms with Crippen LogP contribution >= 0.6 is 11.8 Å². The lowest BCUT2D eigenvalue weighted by Gasteiger charge is -2.25. The Morgan fingerprint density at radius 3 is 2.44 bits per heavy atom. The summed E-state index contributed by atoms with van der Waals surface area (Å²) < 4.78 is 0. The normalized spacial score (nSPS) is 15.9. The number of nitrogens with zero attached hydrogens (tertiary/aromatic N) is 1. The summed E-state index contributed by atoms with van der Waals surface area (Å²) in [5.74, 6) is 0.850. The van der Waals surface area contributed by atoms with Crippen LogP contribution in [0.25, 0.3) is 0 Å². The first-order valence-corrected chi connectivity index (χ1v) is 12.0. The van der Waals surface area contributed by atoms with Gasteiger partial charge in [-0.1, -0.05) is 57.2 Å². The van der Waals surface area contributed by atoms with E-state index in [4.69, 9.17) is 0 Å². The van der Waals surface area contributed by atoms with E-state index in [0.717, 1.165) is 23.4 Å². The fourth-order valence-electron chi connectivity index (χ4n) is 3.83. The second-order valence-electron chi connectivity index (χ2n) is 8.30. The van der Waals surface area contributed by atoms with Crippen molar-refractivity contribution in [3.05, 3.63) is 95.1 Å². The van der Waals surface area contributed by atoms with Crippen LogP contribution in [-0.4, -0.2) is 17.6 Å². The first kappa shape index (κ1) is 22.2. The Hall–Kier alpha value is -3.05. The number of aryl methyl sites for hydroxylation is 1. The van der Waals surface area contributed by atoms with E-state index < -0.39 is 0 Å². The average Bonchev–Trinajstić information content (AvgIpc) is 3.20. The van der Waals surface area contributed by atoms with Crippen molar-refractivity contribution in [2.75, 3.05) is 16.0 Å². The van der Waals surface area contributed by atoms with Crippen molar-refractivity contribution in [3.63, 3.8) is 0 Å². The smallest absolute Gasteiger partial charge is 0.255 e. The topological polar surface area (TPSA) is 49.4 Å². The lowest BCUT2D eigenvalue weighted by Crippen LogP contribution is -2.27. The van der Waals surface area contributed by atoms with Crippen LogP contribution in [0.5, 0.6) is 0 Å². The zero-order valence-corrected chi connectivity index (χ0v) is 19.5. The molecule has 1 atom stereocenters. The van der Waals surface area contributed by atoms with E-state index in [1.165, 1.54) is 11.1 Å². The van der Waals surface area contributed by atoms with Crippen molar-refractivity contribution in [2.45, 2.75) is 38.5 Å². The highest BCUT2D eigenvalue weighted by Gasteiger charge is 2.34. The molecule has 4 nitrogen and oxygen atoms in total. The van der Waals surface area contributed by atoms with Gasteiger partial charge in [0.2, 0.25) is 5.91 Å². The Morgan fingerprint density at radius 1 is 1.06 bits per heavy atom. The van der Waals surface area contributed by atoms with Crippen LogP contribution < -0.4 is 10.2 Å². The highest BCUT2D eigenvalue weighted by molar-refractivity contribution is 8.00. The van der Waals surface area contributed by atoms with E-state index in [9.17, 15) is 9.59 Å². The predicted molar refractivity (Wildman–Crippen MR) is 133 cm³/mol. The number of hydrogen-bond donors (Lipinski definition) is 1. The first-order chi connectivity index (χ1) is 15.5. The van der Waals surface area contributed by atoms with Gasteiger partial charge in [0.15, 0.2) is 0 Å². The van der Waals surface area contributed by atoms with Crippen LogP contribution in [-0.2, 0) is 11.2 Å². The first-order valence-electron chi connectivity index (χ1n) is 11.0. The minimum atomic E-state index is -0.138. The number of anilines is 2. The summed E-state index contributed by atoms with van der Waals surface area (Å²) in [5.41, 5.74) is 5.70. The number of hydrogen-bond acceptors (Lipinski definition) is 3. The van der Waals surface area contributed by atoms with Gasteiger partial charge in [0, 0.05) is 16.9 Å². The molecule has 1 aliphatic rings. The third-order valence-corrected chi connectivity index (χ3v) is 6.97. The third-order valence-electron chi connectivity index (χ3n) is 5.76. The SMILES string of the molecule is CCc1ccc(C(=O)Nc2cccc([C@@H]3SCC(=O)N3c3ccc(C(C)C)cc3)c2)cc1. The molecule has 5 heteroatoms. The fourth-order valence-corrected chi connectivity index (χ4v) is 5.00. The number of rotatable bonds is 6. The van der Waals surface area contributed by atoms with Crippen LogP contribution in [0, 0.1) is 0 Å². The number of nitrogens with one attached hydrogen (secondary N) is 1. The zero-order chi connectivity index (χ0) is 22.7. The molecular formula is C27H28N2O2S. The van der Waals surface area contributed by atoms with E-state index in [1.807, 2.05) is 65.6 Å². The molecule has 1 N–H and O–H groups in total. The van der Waals surface area contributed by atoms with Gasteiger partial charge in [0.25, 0.3) is 5.91 Å². The summed E-state index contributed by atoms with van der Waals surface area (Å²) in [6.45, 7) is 6.41. The number of carbonyl (C=O) groups is 2. The lowest BCUT2D eigenvalue weighted by molar-refractivity contribution is -0.115. The molecule has 1 heterocycles. The molecule has 0 radical (unpaired) electrons. The molecule has 0 spiro atoms. The van der Waals surface area contributed by atoms with E-state index >= 15 is 0 Å². The summed E-state index contributed by atoms with van der Waals surface area (Å²) in [6.07, 6.45) is 0.943. The van der Waals surface area contributed by atoms with Gasteiger partial charge in [-0.2, -0.15) is 0 Å². The molecule has 0 aliphatic carbocycles. The maximum absolute atomic E-state index is 12.7. The van der Waals surface area contributed by atoms with E-state index in [-0.39, 0.29) is 17.2 Å². The maximum atomic E-state index is 12.7. The molecule has 4 rings (SSSR count). The summed E-state index contributed by atoms with van der Waals surface area (Å²) in [5, 5.41) is 2.88. The molecule has 0 aromatic heterocycles. The predicted octanol–water partition coefficient (Wildman–Crippen LogP) is 6.40. The molecule has 0 unspecified atom stereocenters. The quantitative estimate of drug-likeness (QED) is 0.478. The minimum absolute atomic E-state index is 0.0998. The van der Waals surface area contributed by atoms with Crippen molar-refractivity contribution in [1.29, 1.82) is 0 Å². The minimum Gasteiger partial charge on any atom is -0.322 e. The summed E-state index contributed by atoms with van der Waals surface area (Å²) in [7, 11) is 0. The van der Waals surface area contributed by atoms with Gasteiger partial charge in [-0.05, 0) is 65.4 Å². The van der Waals surface area contributed by atoms with Gasteiger partial charge in [-0.25, -0.2) is 0 Å². The van der Waals surface area contributed by atoms with Crippen LogP contribution in [0.15, 0.2) is 72.8 Å². The zero-order valence-electron chi connectivity index (χ0n) is 18.7. The molecule has 32 heavy (non-hydrogen) atoms. The van der Waals surface area contributed by atoms with E-state index in [1.54, 1.807) is 11.8 Å². The van der Waals surface area contributed by atoms with Crippen molar-refractivity contribution in [2.24, 2.45) is 0 Å². The molecule has 1 saturated heterocycles. The highest BCUT2D eigenvalue weighted by atomic mass is 32.2. The highest BCUT2D eigenvalue weighted by Crippen LogP contribution is 2.42. The Labute approximate surface area is 194 Å². The Bertz CT molecular complexity index is 1110. The van der Waals surface area contributed by atoms with Crippen LogP contribution in [0.3, 0.4) is 0 Å². The van der Waals surface area contributed by atoms with Crippen molar-refractivity contribution < 1.29 is 9.59 Å². The summed E-state index contributed by atoms with van der Waals surface area (Å²) in [6, 6.07) is 23.7. The standard InChI is InChI=1S/C27H28N2O2S/c1-4-19-8-10-21(11-9-19)26(31)28-23-7-5-6-22(16-23)27-29(25(30)17-32-27)24-14-12-20(13-15-24)18(2)3/h5-16,18,27H,4,17H2,1-3H3,(H,28,31)/t27-/m0/s1. The van der Waals surface area contributed by atoms with E-state index in [0.29, 0.717) is 17.2 Å². The number of amides is 2. The fraction of sp³-hybridized carbons (Fsp3) is 0.259. The molecule has 1 fully saturated rings. The maximum Gasteiger partial charge on any atom is 0.255 e. The van der Waals surface area contributed by atoms with Gasteiger partial charge < -0.3 is 5.32 Å². The van der Waals surface area contributed by atoms with Crippen molar-refractivity contribution in [3.8, 4) is 0 Å². The van der Waals surface area contributed by atoms with Crippen molar-refractivity contribution >= 4 is 35.0 Å². The van der Waals surface area contributed by atoms with Crippen LogP contribution in [0.1, 0.15) is 59.1 Å². The van der Waals surface area contributed by atoms with Crippen LogP contribution in [0.4, 0.5) is 11.4 Å². The van der Waals surface area contributed by atoms with Gasteiger partial charge in [-0.15, -0.1) is 11.8 Å². The average molecular weight is 445 g/mol. The number of thioether (sulfide) groups is 1. The molecule has 0 saturated carbocycles. The van der Waals surface area contributed by atoms with Gasteiger partial charge in [-0.3, -0.25) is 14.5 Å². The molecule has 2 amide bonds. The summed E-state index contributed by atoms with van der Waals surface area (Å²) >= 11 is 1.61. The second kappa shape index (κ2) is 9.61. The molecule has 3 aromatic carbocycles. The molecule has 164 valence electrons. The lowest BCUT2D eigenvalue weighted by atomic mass is 10.0. The molecular weight excluding hydrogens is 416 g/mol. The Kier molecular flexibility index (Phi) is 6.66. The van der Waals surface area contributed by atoms with Gasteiger partial charge in [0.1, 0.15) is 5.37 Å². The van der Waals surface area contributed by atoms with E-state index in [2.05, 4.69) is 38.2 Å². The van der Waals surface area contributed by atoms with Gasteiger partial charge >= 0.3 is 0 Å². The van der Waals surface area contributed by atoms with Crippen molar-refractivity contribution in [1.82, 2.24) is 0 Å². The van der Waals surface area contributed by atoms with Gasteiger partial charge in [0.05, 0.1) is 5.75 Å². The Balaban J connectivity index is 1.54. The molecule has 1 aliphatic heterocycles. The third kappa shape index (κ3) is 4.73. The Morgan fingerprint density at radius 2 is 1.78 bits per heavy atom. The summed E-state index contributed by atoms with van der Waals surface area (Å²) in [4.78, 5) is 27.3. The molecule has 0 bridgehead atoms. The molecule has 3 aromatic rings. The number of carbonyl (C=O) groups excluding carboxylic acids is 2. The largest absolute Gasteiger partial charge is 0.322 e. The monoisotopic (exact) mass is 444 g/mol. The van der Waals surface area contributed by atoms with Crippen LogP contribution in [0.2, 0.25) is 0 Å².